The molecule has 0 spiro atoms. The quantitative estimate of drug-likeness (QED) is 0.235. The largest absolute Gasteiger partial charge is 0.463 e. The fraction of sp³-hybridized carbons (Fsp3) is 0.654. The van der Waals surface area contributed by atoms with Crippen LogP contribution in [0.15, 0.2) is 34.9 Å². The standard InChI is InChI=1S/C26H40O9/c1-7-15(3)9-10-17-16(4)23(31)20(13-26(17,5)6)35-22(30)12-11-21(29)34-14-19(28)25(33)24(32)18(27)8-2/h7,9-10,18-20,24-25,27-28,32-33H,8,11-14H2,1-6H3/b10-9+,15-7+. The number of esters is 2. The maximum atomic E-state index is 12.8. The number of ether oxygens (including phenoxy) is 2. The molecule has 0 fully saturated rings. The molecule has 0 aromatic carbocycles. The van der Waals surface area contributed by atoms with E-state index in [9.17, 15) is 34.8 Å². The van der Waals surface area contributed by atoms with E-state index < -0.39 is 54.5 Å². The molecule has 1 aliphatic carbocycles. The molecule has 1 aliphatic rings. The summed E-state index contributed by atoms with van der Waals surface area (Å²) >= 11 is 0. The van der Waals surface area contributed by atoms with Crippen LogP contribution in [-0.4, -0.2) is 75.3 Å². The van der Waals surface area contributed by atoms with E-state index in [1.165, 1.54) is 0 Å². The van der Waals surface area contributed by atoms with Gasteiger partial charge in [-0.05, 0) is 43.8 Å². The third-order valence-corrected chi connectivity index (χ3v) is 6.24. The Kier molecular flexibility index (Phi) is 12.0. The maximum Gasteiger partial charge on any atom is 0.307 e. The molecule has 9 nitrogen and oxygen atoms in total. The van der Waals surface area contributed by atoms with E-state index in [0.29, 0.717) is 12.0 Å². The minimum absolute atomic E-state index is 0.163. The molecule has 9 heteroatoms. The number of aliphatic hydroxyl groups excluding tert-OH is 4. The average Bonchev–Trinajstić information content (AvgIpc) is 2.82. The first-order chi connectivity index (χ1) is 16.2. The Morgan fingerprint density at radius 3 is 2.23 bits per heavy atom. The molecule has 198 valence electrons. The minimum atomic E-state index is -1.71. The summed E-state index contributed by atoms with van der Waals surface area (Å²) in [5.41, 5.74) is 2.07. The number of allylic oxidation sites excluding steroid dienone is 5. The van der Waals surface area contributed by atoms with Gasteiger partial charge in [0.2, 0.25) is 0 Å². The van der Waals surface area contributed by atoms with Gasteiger partial charge >= 0.3 is 11.9 Å². The van der Waals surface area contributed by atoms with Crippen LogP contribution >= 0.6 is 0 Å². The Balaban J connectivity index is 2.62. The number of carbonyl (C=O) groups excluding carboxylic acids is 3. The van der Waals surface area contributed by atoms with E-state index in [0.717, 1.165) is 11.1 Å². The Morgan fingerprint density at radius 1 is 1.09 bits per heavy atom. The lowest BCUT2D eigenvalue weighted by atomic mass is 9.71. The molecule has 0 aliphatic heterocycles. The van der Waals surface area contributed by atoms with Gasteiger partial charge in [-0.15, -0.1) is 0 Å². The second-order valence-electron chi connectivity index (χ2n) is 9.54. The molecule has 0 amide bonds. The average molecular weight is 497 g/mol. The maximum absolute atomic E-state index is 12.8. The Morgan fingerprint density at radius 2 is 1.66 bits per heavy atom. The molecule has 5 atom stereocenters. The molecule has 0 bridgehead atoms. The highest BCUT2D eigenvalue weighted by Gasteiger charge is 2.40. The second-order valence-corrected chi connectivity index (χ2v) is 9.54. The van der Waals surface area contributed by atoms with Crippen molar-refractivity contribution in [3.8, 4) is 0 Å². The van der Waals surface area contributed by atoms with Crippen LogP contribution in [0, 0.1) is 5.41 Å². The molecule has 0 saturated carbocycles. The summed E-state index contributed by atoms with van der Waals surface area (Å²) in [6, 6.07) is 0. The highest BCUT2D eigenvalue weighted by molar-refractivity contribution is 6.01. The molecule has 4 N–H and O–H groups in total. The van der Waals surface area contributed by atoms with Gasteiger partial charge in [-0.25, -0.2) is 0 Å². The zero-order valence-corrected chi connectivity index (χ0v) is 21.5. The molecule has 5 unspecified atom stereocenters. The molecular weight excluding hydrogens is 456 g/mol. The SMILES string of the molecule is C/C=C(C)/C=C/C1=C(C)C(=O)C(OC(=O)CCC(=O)OCC(O)C(O)C(O)C(O)CC)CC1(C)C. The van der Waals surface area contributed by atoms with Crippen molar-refractivity contribution in [2.24, 2.45) is 5.41 Å². The molecule has 1 rings (SSSR count). The van der Waals surface area contributed by atoms with Gasteiger partial charge in [0.25, 0.3) is 0 Å². The van der Waals surface area contributed by atoms with E-state index in [2.05, 4.69) is 0 Å². The molecule has 0 aromatic rings. The fourth-order valence-electron chi connectivity index (χ4n) is 3.77. The van der Waals surface area contributed by atoms with Gasteiger partial charge in [-0.2, -0.15) is 0 Å². The Bertz CT molecular complexity index is 853. The van der Waals surface area contributed by atoms with Crippen molar-refractivity contribution >= 4 is 17.7 Å². The van der Waals surface area contributed by atoms with Gasteiger partial charge in [-0.3, -0.25) is 14.4 Å². The molecule has 0 aromatic heterocycles. The van der Waals surface area contributed by atoms with Crippen LogP contribution in [0.25, 0.3) is 0 Å². The van der Waals surface area contributed by atoms with Crippen molar-refractivity contribution in [3.05, 3.63) is 34.9 Å². The van der Waals surface area contributed by atoms with Crippen LogP contribution in [0.4, 0.5) is 0 Å². The molecule has 0 heterocycles. The summed E-state index contributed by atoms with van der Waals surface area (Å²) in [6.07, 6.45) is -1.48. The normalized spacial score (nSPS) is 22.1. The predicted octanol–water partition coefficient (Wildman–Crippen LogP) is 1.91. The number of ketones is 1. The van der Waals surface area contributed by atoms with Crippen LogP contribution in [0.3, 0.4) is 0 Å². The highest BCUT2D eigenvalue weighted by Crippen LogP contribution is 2.40. The molecule has 35 heavy (non-hydrogen) atoms. The number of hydrogen-bond acceptors (Lipinski definition) is 9. The van der Waals surface area contributed by atoms with Crippen LogP contribution in [0.1, 0.15) is 67.2 Å². The number of rotatable bonds is 12. The van der Waals surface area contributed by atoms with E-state index in [4.69, 9.17) is 9.47 Å². The highest BCUT2D eigenvalue weighted by atomic mass is 16.6. The molecule has 0 saturated heterocycles. The Hall–Kier alpha value is -2.33. The van der Waals surface area contributed by atoms with Crippen molar-refractivity contribution in [2.75, 3.05) is 6.61 Å². The van der Waals surface area contributed by atoms with Gasteiger partial charge in [0.1, 0.15) is 24.9 Å². The predicted molar refractivity (Wildman–Crippen MR) is 129 cm³/mol. The van der Waals surface area contributed by atoms with Crippen LogP contribution < -0.4 is 0 Å². The lowest BCUT2D eigenvalue weighted by Gasteiger charge is -2.36. The van der Waals surface area contributed by atoms with Gasteiger partial charge in [-0.1, -0.05) is 44.6 Å². The third kappa shape index (κ3) is 9.00. The monoisotopic (exact) mass is 496 g/mol. The van der Waals surface area contributed by atoms with Crippen LogP contribution in [0.2, 0.25) is 0 Å². The first-order valence-corrected chi connectivity index (χ1v) is 11.9. The van der Waals surface area contributed by atoms with Gasteiger partial charge in [0.15, 0.2) is 11.9 Å². The van der Waals surface area contributed by atoms with Crippen LogP contribution in [-0.2, 0) is 23.9 Å². The zero-order valence-electron chi connectivity index (χ0n) is 21.5. The van der Waals surface area contributed by atoms with Crippen molar-refractivity contribution in [1.29, 1.82) is 0 Å². The summed E-state index contributed by atoms with van der Waals surface area (Å²) < 4.78 is 10.2. The summed E-state index contributed by atoms with van der Waals surface area (Å²) in [6.45, 7) is 10.5. The zero-order chi connectivity index (χ0) is 26.9. The van der Waals surface area contributed by atoms with Gasteiger partial charge < -0.3 is 29.9 Å². The number of aliphatic hydroxyl groups is 4. The first kappa shape index (κ1) is 30.7. The molecular formula is C26H40O9. The van der Waals surface area contributed by atoms with Crippen molar-refractivity contribution in [3.63, 3.8) is 0 Å². The lowest BCUT2D eigenvalue weighted by molar-refractivity contribution is -0.161. The lowest BCUT2D eigenvalue weighted by Crippen LogP contribution is -2.46. The fourth-order valence-corrected chi connectivity index (χ4v) is 3.77. The van der Waals surface area contributed by atoms with Crippen LogP contribution in [0.5, 0.6) is 0 Å². The van der Waals surface area contributed by atoms with Gasteiger partial charge in [0.05, 0.1) is 18.9 Å². The van der Waals surface area contributed by atoms with E-state index >= 15 is 0 Å². The number of hydrogen-bond donors (Lipinski definition) is 4. The summed E-state index contributed by atoms with van der Waals surface area (Å²) in [4.78, 5) is 37.0. The third-order valence-electron chi connectivity index (χ3n) is 6.24. The first-order valence-electron chi connectivity index (χ1n) is 11.9. The number of Topliss-reactive ketones (excluding diaryl/α,β-unsaturated/α-hetero) is 1. The summed E-state index contributed by atoms with van der Waals surface area (Å²) in [7, 11) is 0. The second kappa shape index (κ2) is 13.7. The van der Waals surface area contributed by atoms with E-state index in [1.807, 2.05) is 45.9 Å². The van der Waals surface area contributed by atoms with Crippen molar-refractivity contribution in [1.82, 2.24) is 0 Å². The van der Waals surface area contributed by atoms with Crippen molar-refractivity contribution < 1.29 is 44.3 Å². The van der Waals surface area contributed by atoms with E-state index in [-0.39, 0.29) is 25.0 Å². The smallest absolute Gasteiger partial charge is 0.307 e. The number of carbonyl (C=O) groups is 3. The van der Waals surface area contributed by atoms with Crippen molar-refractivity contribution in [2.45, 2.75) is 97.7 Å². The minimum Gasteiger partial charge on any atom is -0.463 e. The summed E-state index contributed by atoms with van der Waals surface area (Å²) in [5, 5.41) is 38.9. The van der Waals surface area contributed by atoms with E-state index in [1.54, 1.807) is 13.8 Å². The topological polar surface area (TPSA) is 151 Å². The van der Waals surface area contributed by atoms with Gasteiger partial charge in [0, 0.05) is 6.42 Å². The summed E-state index contributed by atoms with van der Waals surface area (Å²) in [5.74, 6) is -1.82. The Labute approximate surface area is 207 Å². The molecule has 0 radical (unpaired) electrons.